The molecule has 1 aromatic rings. The Balaban J connectivity index is 2.37. The second-order valence-corrected chi connectivity index (χ2v) is 4.79. The van der Waals surface area contributed by atoms with Crippen LogP contribution in [0.25, 0.3) is 0 Å². The Bertz CT molecular complexity index is 448. The predicted molar refractivity (Wildman–Crippen MR) is 56.1 cm³/mol. The molecule has 1 saturated carbocycles. The van der Waals surface area contributed by atoms with E-state index >= 15 is 0 Å². The zero-order valence-corrected chi connectivity index (χ0v) is 9.40. The highest BCUT2D eigenvalue weighted by atomic mass is 19.4. The monoisotopic (exact) mass is 265 g/mol. The third-order valence-corrected chi connectivity index (χ3v) is 3.09. The number of halogens is 5. The molecule has 0 radical (unpaired) electrons. The zero-order valence-electron chi connectivity index (χ0n) is 9.40. The fraction of sp³-hybridized carbons (Fsp3) is 0.500. The molecule has 1 aliphatic rings. The van der Waals surface area contributed by atoms with E-state index < -0.39 is 35.2 Å². The van der Waals surface area contributed by atoms with Crippen LogP contribution in [0.15, 0.2) is 24.3 Å². The average molecular weight is 265 g/mol. The highest BCUT2D eigenvalue weighted by Gasteiger charge is 2.50. The quantitative estimate of drug-likeness (QED) is 0.829. The summed E-state index contributed by atoms with van der Waals surface area (Å²) >= 11 is 0. The van der Waals surface area contributed by atoms with Crippen LogP contribution in [-0.4, -0.2) is 5.54 Å². The van der Waals surface area contributed by atoms with Crippen molar-refractivity contribution in [3.05, 3.63) is 35.4 Å². The summed E-state index contributed by atoms with van der Waals surface area (Å²) in [5.74, 6) is -3.56. The Morgan fingerprint density at radius 2 is 1.50 bits per heavy atom. The van der Waals surface area contributed by atoms with Crippen molar-refractivity contribution in [1.29, 1.82) is 0 Å². The van der Waals surface area contributed by atoms with E-state index in [1.807, 2.05) is 0 Å². The van der Waals surface area contributed by atoms with Gasteiger partial charge in [-0.15, -0.1) is 0 Å². The van der Waals surface area contributed by atoms with Gasteiger partial charge in [-0.1, -0.05) is 18.2 Å². The molecule has 0 atom stereocenters. The molecular formula is C12H12F5N. The van der Waals surface area contributed by atoms with Gasteiger partial charge in [0.25, 0.3) is 5.92 Å². The SMILES string of the molecule is NC1(CC(F)(F)c2ccccc2C(F)(F)F)CC1. The molecule has 0 amide bonds. The molecule has 0 unspecified atom stereocenters. The van der Waals surface area contributed by atoms with Gasteiger partial charge in [-0.3, -0.25) is 0 Å². The molecule has 0 saturated heterocycles. The zero-order chi connectivity index (χ0) is 13.6. The number of hydrogen-bond donors (Lipinski definition) is 1. The molecule has 1 aliphatic carbocycles. The molecule has 0 heterocycles. The lowest BCUT2D eigenvalue weighted by Crippen LogP contribution is -2.32. The predicted octanol–water partition coefficient (Wildman–Crippen LogP) is 3.68. The largest absolute Gasteiger partial charge is 0.416 e. The van der Waals surface area contributed by atoms with E-state index in [0.717, 1.165) is 12.1 Å². The Morgan fingerprint density at radius 3 is 1.94 bits per heavy atom. The highest BCUT2D eigenvalue weighted by Crippen LogP contribution is 2.48. The van der Waals surface area contributed by atoms with Crippen molar-refractivity contribution in [3.63, 3.8) is 0 Å². The first kappa shape index (κ1) is 13.3. The van der Waals surface area contributed by atoms with E-state index in [0.29, 0.717) is 18.9 Å². The van der Waals surface area contributed by atoms with Crippen molar-refractivity contribution in [3.8, 4) is 0 Å². The summed E-state index contributed by atoms with van der Waals surface area (Å²) in [6.07, 6.45) is -4.67. The van der Waals surface area contributed by atoms with Gasteiger partial charge in [0, 0.05) is 17.5 Å². The third kappa shape index (κ3) is 2.63. The number of alkyl halides is 5. The van der Waals surface area contributed by atoms with E-state index in [4.69, 9.17) is 5.73 Å². The van der Waals surface area contributed by atoms with Crippen molar-refractivity contribution in [1.82, 2.24) is 0 Å². The van der Waals surface area contributed by atoms with Crippen molar-refractivity contribution < 1.29 is 22.0 Å². The molecule has 2 rings (SSSR count). The summed E-state index contributed by atoms with van der Waals surface area (Å²) in [5, 5.41) is 0. The van der Waals surface area contributed by atoms with Gasteiger partial charge >= 0.3 is 6.18 Å². The maximum atomic E-state index is 13.9. The van der Waals surface area contributed by atoms with Gasteiger partial charge in [0.05, 0.1) is 5.56 Å². The molecule has 1 fully saturated rings. The van der Waals surface area contributed by atoms with Crippen LogP contribution >= 0.6 is 0 Å². The molecule has 0 aromatic heterocycles. The summed E-state index contributed by atoms with van der Waals surface area (Å²) in [6, 6.07) is 3.75. The van der Waals surface area contributed by atoms with Gasteiger partial charge in [-0.2, -0.15) is 13.2 Å². The molecule has 1 aromatic carbocycles. The number of benzene rings is 1. The summed E-state index contributed by atoms with van der Waals surface area (Å²) in [7, 11) is 0. The minimum atomic E-state index is -4.79. The van der Waals surface area contributed by atoms with Gasteiger partial charge < -0.3 is 5.73 Å². The molecule has 6 heteroatoms. The summed E-state index contributed by atoms with van der Waals surface area (Å²) < 4.78 is 65.8. The molecule has 0 bridgehead atoms. The Morgan fingerprint density at radius 1 is 1.00 bits per heavy atom. The molecule has 0 aliphatic heterocycles. The second-order valence-electron chi connectivity index (χ2n) is 4.79. The molecular weight excluding hydrogens is 253 g/mol. The highest BCUT2D eigenvalue weighted by molar-refractivity contribution is 5.34. The van der Waals surface area contributed by atoms with Crippen molar-refractivity contribution in [2.75, 3.05) is 0 Å². The lowest BCUT2D eigenvalue weighted by atomic mass is 9.95. The van der Waals surface area contributed by atoms with Crippen LogP contribution in [0.3, 0.4) is 0 Å². The maximum absolute atomic E-state index is 13.9. The molecule has 0 spiro atoms. The van der Waals surface area contributed by atoms with E-state index in [2.05, 4.69) is 0 Å². The van der Waals surface area contributed by atoms with E-state index in [1.54, 1.807) is 0 Å². The van der Waals surface area contributed by atoms with E-state index in [1.165, 1.54) is 6.07 Å². The minimum Gasteiger partial charge on any atom is -0.325 e. The lowest BCUT2D eigenvalue weighted by molar-refractivity contribution is -0.142. The van der Waals surface area contributed by atoms with Crippen LogP contribution in [0.4, 0.5) is 22.0 Å². The van der Waals surface area contributed by atoms with Crippen molar-refractivity contribution >= 4 is 0 Å². The first-order valence-electron chi connectivity index (χ1n) is 5.48. The normalized spacial score (nSPS) is 18.8. The fourth-order valence-corrected chi connectivity index (χ4v) is 1.92. The van der Waals surface area contributed by atoms with Crippen LogP contribution in [0.5, 0.6) is 0 Å². The minimum absolute atomic E-state index is 0.427. The van der Waals surface area contributed by atoms with Crippen molar-refractivity contribution in [2.24, 2.45) is 5.73 Å². The van der Waals surface area contributed by atoms with Gasteiger partial charge in [-0.25, -0.2) is 8.78 Å². The van der Waals surface area contributed by atoms with Crippen LogP contribution in [0.1, 0.15) is 30.4 Å². The van der Waals surface area contributed by atoms with Crippen LogP contribution < -0.4 is 5.73 Å². The van der Waals surface area contributed by atoms with Gasteiger partial charge in [0.1, 0.15) is 0 Å². The maximum Gasteiger partial charge on any atom is 0.416 e. The molecule has 100 valence electrons. The summed E-state index contributed by atoms with van der Waals surface area (Å²) in [6.45, 7) is 0. The second kappa shape index (κ2) is 3.91. The van der Waals surface area contributed by atoms with E-state index in [-0.39, 0.29) is 0 Å². The van der Waals surface area contributed by atoms with Gasteiger partial charge in [0.2, 0.25) is 0 Å². The Labute approximate surface area is 101 Å². The number of hydrogen-bond acceptors (Lipinski definition) is 1. The molecule has 1 nitrogen and oxygen atoms in total. The topological polar surface area (TPSA) is 26.0 Å². The first-order chi connectivity index (χ1) is 8.14. The number of rotatable bonds is 3. The number of nitrogens with two attached hydrogens (primary N) is 1. The average Bonchev–Trinajstić information content (AvgIpc) is 2.93. The van der Waals surface area contributed by atoms with Gasteiger partial charge in [0.15, 0.2) is 0 Å². The Kier molecular flexibility index (Phi) is 2.88. The Hall–Kier alpha value is -1.17. The van der Waals surface area contributed by atoms with Crippen LogP contribution in [0.2, 0.25) is 0 Å². The smallest absolute Gasteiger partial charge is 0.325 e. The fourth-order valence-electron chi connectivity index (χ4n) is 1.92. The molecule has 2 N–H and O–H groups in total. The van der Waals surface area contributed by atoms with Crippen LogP contribution in [-0.2, 0) is 12.1 Å². The molecule has 18 heavy (non-hydrogen) atoms. The summed E-state index contributed by atoms with van der Waals surface area (Å²) in [5.41, 5.74) is 2.27. The standard InChI is InChI=1S/C12H12F5N/c13-11(14,7-10(18)5-6-10)8-3-1-2-4-9(8)12(15,16)17/h1-4H,5-7,18H2. The van der Waals surface area contributed by atoms with Crippen LogP contribution in [0, 0.1) is 0 Å². The summed E-state index contributed by atoms with van der Waals surface area (Å²) in [4.78, 5) is 0. The van der Waals surface area contributed by atoms with Crippen molar-refractivity contribution in [2.45, 2.75) is 36.9 Å². The lowest BCUT2D eigenvalue weighted by Gasteiger charge is -2.23. The third-order valence-electron chi connectivity index (χ3n) is 3.09. The van der Waals surface area contributed by atoms with E-state index in [9.17, 15) is 22.0 Å². The van der Waals surface area contributed by atoms with Gasteiger partial charge in [-0.05, 0) is 18.9 Å². The first-order valence-corrected chi connectivity index (χ1v) is 5.48.